The molecule has 0 radical (unpaired) electrons. The van der Waals surface area contributed by atoms with E-state index in [0.717, 1.165) is 6.42 Å². The van der Waals surface area contributed by atoms with Gasteiger partial charge in [-0.05, 0) is 13.3 Å². The summed E-state index contributed by atoms with van der Waals surface area (Å²) in [5.74, 6) is 5.23. The van der Waals surface area contributed by atoms with Crippen LogP contribution in [0.5, 0.6) is 0 Å². The molecule has 86 valence electrons. The Hall–Kier alpha value is -1.80. The fourth-order valence-corrected chi connectivity index (χ4v) is 1.24. The number of nitrogens with two attached hydrogens (primary N) is 1. The first-order valence-electron chi connectivity index (χ1n) is 5.14. The minimum absolute atomic E-state index is 0.0303. The largest absolute Gasteiger partial charge is 0.328 e. The van der Waals surface area contributed by atoms with E-state index in [1.54, 1.807) is 0 Å². The fourth-order valence-electron chi connectivity index (χ4n) is 1.24. The first-order valence-corrected chi connectivity index (χ1v) is 5.14. The number of nitrogens with zero attached hydrogens (tertiary/aromatic N) is 1. The summed E-state index contributed by atoms with van der Waals surface area (Å²) in [6.45, 7) is 4.05. The Morgan fingerprint density at radius 2 is 2.25 bits per heavy atom. The van der Waals surface area contributed by atoms with Crippen LogP contribution in [0.2, 0.25) is 0 Å². The zero-order valence-electron chi connectivity index (χ0n) is 9.41. The second-order valence-corrected chi connectivity index (χ2v) is 3.47. The van der Waals surface area contributed by atoms with Crippen LogP contribution in [0.3, 0.4) is 0 Å². The van der Waals surface area contributed by atoms with Crippen LogP contribution in [0.15, 0.2) is 15.8 Å². The molecule has 1 heterocycles. The summed E-state index contributed by atoms with van der Waals surface area (Å²) in [5, 5.41) is 0. The van der Waals surface area contributed by atoms with Gasteiger partial charge in [-0.15, -0.1) is 0 Å². The van der Waals surface area contributed by atoms with E-state index in [1.165, 1.54) is 10.8 Å². The van der Waals surface area contributed by atoms with Crippen molar-refractivity contribution in [3.05, 3.63) is 32.6 Å². The third-order valence-corrected chi connectivity index (χ3v) is 2.36. The normalized spacial score (nSPS) is 11.7. The lowest BCUT2D eigenvalue weighted by Crippen LogP contribution is -2.32. The molecule has 0 spiro atoms. The van der Waals surface area contributed by atoms with E-state index in [4.69, 9.17) is 5.73 Å². The van der Waals surface area contributed by atoms with Crippen molar-refractivity contribution in [1.29, 1.82) is 0 Å². The van der Waals surface area contributed by atoms with Gasteiger partial charge in [0.1, 0.15) is 5.56 Å². The van der Waals surface area contributed by atoms with E-state index in [9.17, 15) is 9.59 Å². The third-order valence-electron chi connectivity index (χ3n) is 2.36. The molecule has 3 N–H and O–H groups in total. The van der Waals surface area contributed by atoms with Gasteiger partial charge in [0.15, 0.2) is 0 Å². The number of hydrogen-bond donors (Lipinski definition) is 2. The molecule has 1 rings (SSSR count). The van der Waals surface area contributed by atoms with Gasteiger partial charge in [-0.2, -0.15) is 0 Å². The van der Waals surface area contributed by atoms with Crippen molar-refractivity contribution >= 4 is 0 Å². The number of aromatic nitrogens is 2. The summed E-state index contributed by atoms with van der Waals surface area (Å²) in [6.07, 6.45) is 2.29. The maximum Gasteiger partial charge on any atom is 0.328 e. The molecular formula is C11H15N3O2. The summed E-state index contributed by atoms with van der Waals surface area (Å²) in [5.41, 5.74) is 4.62. The van der Waals surface area contributed by atoms with E-state index < -0.39 is 11.2 Å². The molecule has 0 aliphatic carbocycles. The van der Waals surface area contributed by atoms with Crippen LogP contribution >= 0.6 is 0 Å². The average Bonchev–Trinajstić information content (AvgIpc) is 2.27. The molecule has 0 saturated carbocycles. The van der Waals surface area contributed by atoms with Crippen molar-refractivity contribution in [3.63, 3.8) is 0 Å². The quantitative estimate of drug-likeness (QED) is 0.680. The molecule has 0 aliphatic rings. The molecule has 1 aromatic rings. The molecule has 1 unspecified atom stereocenters. The summed E-state index contributed by atoms with van der Waals surface area (Å²) in [7, 11) is 0. The first-order chi connectivity index (χ1) is 7.60. The van der Waals surface area contributed by atoms with Crippen LogP contribution in [0.25, 0.3) is 0 Å². The lowest BCUT2D eigenvalue weighted by atomic mass is 10.2. The highest BCUT2D eigenvalue weighted by molar-refractivity contribution is 5.29. The first kappa shape index (κ1) is 12.3. The zero-order chi connectivity index (χ0) is 12.1. The molecule has 1 atom stereocenters. The van der Waals surface area contributed by atoms with Crippen molar-refractivity contribution in [2.75, 3.05) is 6.54 Å². The zero-order valence-corrected chi connectivity index (χ0v) is 9.41. The number of H-pyrrole nitrogens is 1. The van der Waals surface area contributed by atoms with Crippen molar-refractivity contribution in [2.45, 2.75) is 26.3 Å². The minimum Gasteiger partial charge on any atom is -0.320 e. The van der Waals surface area contributed by atoms with Crippen molar-refractivity contribution in [2.24, 2.45) is 5.73 Å². The van der Waals surface area contributed by atoms with Crippen LogP contribution in [-0.2, 0) is 0 Å². The molecule has 5 heteroatoms. The lowest BCUT2D eigenvalue weighted by Gasteiger charge is -2.11. The number of rotatable bonds is 2. The van der Waals surface area contributed by atoms with Gasteiger partial charge in [-0.1, -0.05) is 18.8 Å². The molecule has 0 saturated heterocycles. The average molecular weight is 221 g/mol. The maximum absolute atomic E-state index is 11.5. The Labute approximate surface area is 93.3 Å². The van der Waals surface area contributed by atoms with E-state index in [0.29, 0.717) is 0 Å². The summed E-state index contributed by atoms with van der Waals surface area (Å²) < 4.78 is 1.47. The topological polar surface area (TPSA) is 80.9 Å². The Morgan fingerprint density at radius 1 is 1.56 bits per heavy atom. The number of hydrogen-bond acceptors (Lipinski definition) is 3. The third kappa shape index (κ3) is 2.61. The van der Waals surface area contributed by atoms with Gasteiger partial charge in [0.2, 0.25) is 0 Å². The van der Waals surface area contributed by atoms with E-state index in [2.05, 4.69) is 16.8 Å². The number of aromatic amines is 1. The van der Waals surface area contributed by atoms with Crippen LogP contribution in [0.1, 0.15) is 31.9 Å². The summed E-state index contributed by atoms with van der Waals surface area (Å²) >= 11 is 0. The SMILES string of the molecule is CCC(C)n1cc(C#CCN)c(=O)[nH]c1=O. The van der Waals surface area contributed by atoms with Gasteiger partial charge >= 0.3 is 5.69 Å². The smallest absolute Gasteiger partial charge is 0.320 e. The molecule has 5 nitrogen and oxygen atoms in total. The van der Waals surface area contributed by atoms with Crippen molar-refractivity contribution in [3.8, 4) is 11.8 Å². The Bertz CT molecular complexity index is 531. The van der Waals surface area contributed by atoms with Gasteiger partial charge < -0.3 is 5.73 Å². The standard InChI is InChI=1S/C11H15N3O2/c1-3-8(2)14-7-9(5-4-6-12)10(15)13-11(14)16/h7-8H,3,6,12H2,1-2H3,(H,13,15,16). The molecule has 0 bridgehead atoms. The second kappa shape index (κ2) is 5.33. The van der Waals surface area contributed by atoms with Gasteiger partial charge in [0.25, 0.3) is 5.56 Å². The molecule has 0 fully saturated rings. The minimum atomic E-state index is -0.467. The van der Waals surface area contributed by atoms with E-state index in [-0.39, 0.29) is 18.2 Å². The van der Waals surface area contributed by atoms with Crippen LogP contribution in [0, 0.1) is 11.8 Å². The van der Waals surface area contributed by atoms with Crippen molar-refractivity contribution in [1.82, 2.24) is 9.55 Å². The van der Waals surface area contributed by atoms with E-state index >= 15 is 0 Å². The molecule has 16 heavy (non-hydrogen) atoms. The van der Waals surface area contributed by atoms with Crippen LogP contribution < -0.4 is 17.0 Å². The van der Waals surface area contributed by atoms with Crippen LogP contribution in [0.4, 0.5) is 0 Å². The Balaban J connectivity index is 3.33. The highest BCUT2D eigenvalue weighted by atomic mass is 16.2. The van der Waals surface area contributed by atoms with Crippen LogP contribution in [-0.4, -0.2) is 16.1 Å². The molecule has 0 aromatic carbocycles. The van der Waals surface area contributed by atoms with Gasteiger partial charge in [-0.3, -0.25) is 14.3 Å². The van der Waals surface area contributed by atoms with Gasteiger partial charge in [0.05, 0.1) is 6.54 Å². The van der Waals surface area contributed by atoms with Crippen molar-refractivity contribution < 1.29 is 0 Å². The second-order valence-electron chi connectivity index (χ2n) is 3.47. The summed E-state index contributed by atoms with van der Waals surface area (Å²) in [6, 6.07) is 0.0303. The lowest BCUT2D eigenvalue weighted by molar-refractivity contribution is 0.501. The fraction of sp³-hybridized carbons (Fsp3) is 0.455. The highest BCUT2D eigenvalue weighted by Gasteiger charge is 2.07. The molecular weight excluding hydrogens is 206 g/mol. The molecule has 0 aliphatic heterocycles. The highest BCUT2D eigenvalue weighted by Crippen LogP contribution is 2.05. The maximum atomic E-state index is 11.5. The molecule has 1 aromatic heterocycles. The monoisotopic (exact) mass is 221 g/mol. The van der Waals surface area contributed by atoms with E-state index in [1.807, 2.05) is 13.8 Å². The van der Waals surface area contributed by atoms with Gasteiger partial charge in [-0.25, -0.2) is 4.79 Å². The Kier molecular flexibility index (Phi) is 4.09. The summed E-state index contributed by atoms with van der Waals surface area (Å²) in [4.78, 5) is 25.1. The predicted octanol–water partition coefficient (Wildman–Crippen LogP) is -0.182. The predicted molar refractivity (Wildman–Crippen MR) is 62.3 cm³/mol. The van der Waals surface area contributed by atoms with Gasteiger partial charge in [0, 0.05) is 12.2 Å². The number of nitrogens with one attached hydrogen (secondary N) is 1. The Morgan fingerprint density at radius 3 is 2.81 bits per heavy atom. The molecule has 0 amide bonds.